The molecule has 2 aliphatic rings. The van der Waals surface area contributed by atoms with Crippen LogP contribution in [0.3, 0.4) is 0 Å². The molecule has 0 saturated carbocycles. The fraction of sp³-hybridized carbons (Fsp3) is 0.350. The maximum Gasteiger partial charge on any atom is 0.259 e. The molecule has 1 aromatic carbocycles. The Morgan fingerprint density at radius 2 is 1.76 bits per heavy atom. The van der Waals surface area contributed by atoms with Crippen molar-refractivity contribution in [3.8, 4) is 5.69 Å². The predicted molar refractivity (Wildman–Crippen MR) is 103 cm³/mol. The number of aryl methyl sites for hydroxylation is 1. The van der Waals surface area contributed by atoms with Crippen LogP contribution in [-0.4, -0.2) is 61.9 Å². The minimum Gasteiger partial charge on any atom is -0.340 e. The molecule has 29 heavy (non-hydrogen) atoms. The number of benzene rings is 1. The number of nitrogens with zero attached hydrogens (tertiary/aromatic N) is 7. The van der Waals surface area contributed by atoms with Crippen molar-refractivity contribution in [1.82, 2.24) is 29.9 Å². The molecule has 9 heteroatoms. The molecule has 2 aromatic heterocycles. The second kappa shape index (κ2) is 6.91. The molecule has 0 spiro atoms. The van der Waals surface area contributed by atoms with Gasteiger partial charge in [0.15, 0.2) is 0 Å². The van der Waals surface area contributed by atoms with E-state index in [0.29, 0.717) is 30.6 Å². The van der Waals surface area contributed by atoms with Crippen LogP contribution in [0.15, 0.2) is 42.9 Å². The summed E-state index contributed by atoms with van der Waals surface area (Å²) < 4.78 is 14.6. The third-order valence-electron chi connectivity index (χ3n) is 5.68. The number of halogens is 1. The van der Waals surface area contributed by atoms with Crippen LogP contribution in [0, 0.1) is 24.6 Å². The number of carbonyl (C=O) groups excluding carboxylic acids is 1. The summed E-state index contributed by atoms with van der Waals surface area (Å²) in [6.45, 7) is 4.71. The molecule has 1 amide bonds. The summed E-state index contributed by atoms with van der Waals surface area (Å²) in [5.41, 5.74) is 1.30. The predicted octanol–water partition coefficient (Wildman–Crippen LogP) is 1.71. The van der Waals surface area contributed by atoms with Gasteiger partial charge in [-0.3, -0.25) is 4.79 Å². The van der Waals surface area contributed by atoms with E-state index in [0.717, 1.165) is 24.7 Å². The number of aromatic nitrogens is 5. The fourth-order valence-corrected chi connectivity index (χ4v) is 4.30. The maximum atomic E-state index is 14.6. The summed E-state index contributed by atoms with van der Waals surface area (Å²) in [6, 6.07) is 6.39. The molecule has 2 atom stereocenters. The van der Waals surface area contributed by atoms with Crippen molar-refractivity contribution in [3.05, 3.63) is 59.9 Å². The van der Waals surface area contributed by atoms with E-state index < -0.39 is 5.82 Å². The van der Waals surface area contributed by atoms with Crippen molar-refractivity contribution in [2.45, 2.75) is 6.92 Å². The summed E-state index contributed by atoms with van der Waals surface area (Å²) in [6.07, 6.45) is 4.77. The molecule has 148 valence electrons. The van der Waals surface area contributed by atoms with Crippen molar-refractivity contribution in [3.63, 3.8) is 0 Å². The van der Waals surface area contributed by atoms with Gasteiger partial charge in [0, 0.05) is 49.9 Å². The summed E-state index contributed by atoms with van der Waals surface area (Å²) in [5, 5.41) is 8.11. The third kappa shape index (κ3) is 3.12. The van der Waals surface area contributed by atoms with Gasteiger partial charge in [-0.15, -0.1) is 0 Å². The number of carbonyl (C=O) groups is 1. The maximum absolute atomic E-state index is 14.6. The second-order valence-corrected chi connectivity index (χ2v) is 7.59. The summed E-state index contributed by atoms with van der Waals surface area (Å²) in [4.78, 5) is 27.3. The smallest absolute Gasteiger partial charge is 0.259 e. The van der Waals surface area contributed by atoms with Crippen LogP contribution < -0.4 is 4.90 Å². The SMILES string of the molecule is Cc1ccnc(N2CC3CN(C(=O)c4c(F)cccc4-n4nccn4)CC3C2)n1. The Bertz CT molecular complexity index is 1040. The molecule has 2 fully saturated rings. The van der Waals surface area contributed by atoms with Crippen LogP contribution >= 0.6 is 0 Å². The minimum atomic E-state index is -0.559. The highest BCUT2D eigenvalue weighted by Gasteiger charge is 2.43. The van der Waals surface area contributed by atoms with Crippen LogP contribution in [0.5, 0.6) is 0 Å². The van der Waals surface area contributed by atoms with Crippen LogP contribution in [0.2, 0.25) is 0 Å². The first-order valence-corrected chi connectivity index (χ1v) is 9.59. The van der Waals surface area contributed by atoms with Gasteiger partial charge in [0.1, 0.15) is 17.1 Å². The van der Waals surface area contributed by atoms with E-state index in [4.69, 9.17) is 0 Å². The van der Waals surface area contributed by atoms with Gasteiger partial charge in [-0.2, -0.15) is 15.0 Å². The molecule has 4 heterocycles. The average molecular weight is 393 g/mol. The van der Waals surface area contributed by atoms with E-state index in [1.165, 1.54) is 23.3 Å². The van der Waals surface area contributed by atoms with Crippen LogP contribution in [0.1, 0.15) is 16.1 Å². The Morgan fingerprint density at radius 3 is 2.45 bits per heavy atom. The first-order chi connectivity index (χ1) is 14.1. The van der Waals surface area contributed by atoms with Gasteiger partial charge < -0.3 is 9.80 Å². The minimum absolute atomic E-state index is 0.0162. The van der Waals surface area contributed by atoms with Gasteiger partial charge in [-0.25, -0.2) is 14.4 Å². The lowest BCUT2D eigenvalue weighted by Crippen LogP contribution is -2.34. The Balaban J connectivity index is 1.35. The number of amides is 1. The Hall–Kier alpha value is -3.36. The van der Waals surface area contributed by atoms with E-state index in [1.54, 1.807) is 23.2 Å². The molecule has 2 aliphatic heterocycles. The van der Waals surface area contributed by atoms with Gasteiger partial charge in [-0.05, 0) is 25.1 Å². The first-order valence-electron chi connectivity index (χ1n) is 9.59. The van der Waals surface area contributed by atoms with Crippen molar-refractivity contribution in [2.75, 3.05) is 31.1 Å². The van der Waals surface area contributed by atoms with E-state index in [2.05, 4.69) is 25.1 Å². The molecule has 0 aliphatic carbocycles. The van der Waals surface area contributed by atoms with Gasteiger partial charge in [0.25, 0.3) is 5.91 Å². The molecule has 3 aromatic rings. The molecule has 8 nitrogen and oxygen atoms in total. The van der Waals surface area contributed by atoms with Gasteiger partial charge in [-0.1, -0.05) is 6.07 Å². The zero-order chi connectivity index (χ0) is 20.0. The lowest BCUT2D eigenvalue weighted by Gasteiger charge is -2.22. The van der Waals surface area contributed by atoms with Crippen LogP contribution in [0.4, 0.5) is 10.3 Å². The number of anilines is 1. The first kappa shape index (κ1) is 17.7. The molecule has 5 rings (SSSR count). The van der Waals surface area contributed by atoms with E-state index in [9.17, 15) is 9.18 Å². The Morgan fingerprint density at radius 1 is 1.03 bits per heavy atom. The Kier molecular flexibility index (Phi) is 4.22. The van der Waals surface area contributed by atoms with Crippen molar-refractivity contribution in [2.24, 2.45) is 11.8 Å². The molecule has 2 saturated heterocycles. The fourth-order valence-electron chi connectivity index (χ4n) is 4.30. The molecule has 0 bridgehead atoms. The molecular weight excluding hydrogens is 373 g/mol. The largest absolute Gasteiger partial charge is 0.340 e. The lowest BCUT2D eigenvalue weighted by molar-refractivity contribution is 0.0777. The lowest BCUT2D eigenvalue weighted by atomic mass is 10.0. The number of hydrogen-bond acceptors (Lipinski definition) is 6. The Labute approximate surface area is 167 Å². The zero-order valence-corrected chi connectivity index (χ0v) is 15.9. The highest BCUT2D eigenvalue weighted by Crippen LogP contribution is 2.34. The third-order valence-corrected chi connectivity index (χ3v) is 5.68. The van der Waals surface area contributed by atoms with Crippen molar-refractivity contribution < 1.29 is 9.18 Å². The summed E-state index contributed by atoms with van der Waals surface area (Å²) in [5.74, 6) is 0.500. The molecule has 0 radical (unpaired) electrons. The standard InChI is InChI=1S/C20H20FN7O/c1-13-5-6-22-20(25-13)27-11-14-9-26(10-15(14)12-27)19(29)18-16(21)3-2-4-17(18)28-23-7-8-24-28/h2-8,14-15H,9-12H2,1H3. The number of rotatable bonds is 3. The van der Waals surface area contributed by atoms with Crippen LogP contribution in [-0.2, 0) is 0 Å². The zero-order valence-electron chi connectivity index (χ0n) is 15.9. The molecular formula is C20H20FN7O. The highest BCUT2D eigenvalue weighted by atomic mass is 19.1. The van der Waals surface area contributed by atoms with Crippen molar-refractivity contribution in [1.29, 1.82) is 0 Å². The topological polar surface area (TPSA) is 80.0 Å². The molecule has 2 unspecified atom stereocenters. The van der Waals surface area contributed by atoms with Gasteiger partial charge in [0.05, 0.1) is 12.4 Å². The van der Waals surface area contributed by atoms with E-state index >= 15 is 0 Å². The quantitative estimate of drug-likeness (QED) is 0.674. The number of likely N-dealkylation sites (tertiary alicyclic amines) is 1. The average Bonchev–Trinajstić information content (AvgIpc) is 3.43. The summed E-state index contributed by atoms with van der Waals surface area (Å²) >= 11 is 0. The number of hydrogen-bond donors (Lipinski definition) is 0. The van der Waals surface area contributed by atoms with Gasteiger partial charge >= 0.3 is 0 Å². The van der Waals surface area contributed by atoms with Gasteiger partial charge in [0.2, 0.25) is 5.95 Å². The second-order valence-electron chi connectivity index (χ2n) is 7.59. The van der Waals surface area contributed by atoms with Crippen molar-refractivity contribution >= 4 is 11.9 Å². The molecule has 0 N–H and O–H groups in total. The summed E-state index contributed by atoms with van der Waals surface area (Å²) in [7, 11) is 0. The van der Waals surface area contributed by atoms with E-state index in [1.807, 2.05) is 13.0 Å². The normalized spacial score (nSPS) is 20.9. The van der Waals surface area contributed by atoms with Crippen LogP contribution in [0.25, 0.3) is 5.69 Å². The van der Waals surface area contributed by atoms with E-state index in [-0.39, 0.29) is 11.5 Å². The monoisotopic (exact) mass is 393 g/mol. The number of fused-ring (bicyclic) bond motifs is 1. The highest BCUT2D eigenvalue weighted by molar-refractivity contribution is 5.98.